The van der Waals surface area contributed by atoms with Crippen LogP contribution in [0.3, 0.4) is 0 Å². The summed E-state index contributed by atoms with van der Waals surface area (Å²) in [7, 11) is -3.02. The monoisotopic (exact) mass is 389 g/mol. The molecule has 23 heavy (non-hydrogen) atoms. The molecular formula is C14H9Cl2NO4S2. The van der Waals surface area contributed by atoms with Gasteiger partial charge in [-0.2, -0.15) is 0 Å². The Bertz CT molecular complexity index is 1100. The Hall–Kier alpha value is -1.54. The zero-order valence-electron chi connectivity index (χ0n) is 11.3. The van der Waals surface area contributed by atoms with E-state index in [0.29, 0.717) is 9.36 Å². The first kappa shape index (κ1) is 16.3. The van der Waals surface area contributed by atoms with Crippen LogP contribution in [0.4, 0.5) is 0 Å². The van der Waals surface area contributed by atoms with E-state index in [0.717, 1.165) is 0 Å². The van der Waals surface area contributed by atoms with Gasteiger partial charge in [-0.3, -0.25) is 0 Å². The van der Waals surface area contributed by atoms with Gasteiger partial charge in [0.25, 0.3) is 19.1 Å². The van der Waals surface area contributed by atoms with Crippen LogP contribution in [0.2, 0.25) is 5.02 Å². The van der Waals surface area contributed by atoms with Crippen LogP contribution in [0, 0.1) is 0 Å². The van der Waals surface area contributed by atoms with Crippen molar-refractivity contribution in [2.24, 2.45) is 0 Å². The van der Waals surface area contributed by atoms with Gasteiger partial charge in [0.15, 0.2) is 5.03 Å². The summed E-state index contributed by atoms with van der Waals surface area (Å²) >= 11 is 5.92. The highest BCUT2D eigenvalue weighted by molar-refractivity contribution is 8.14. The van der Waals surface area contributed by atoms with Gasteiger partial charge in [-0.1, -0.05) is 35.9 Å². The van der Waals surface area contributed by atoms with E-state index in [2.05, 4.69) is 0 Å². The molecule has 9 heteroatoms. The van der Waals surface area contributed by atoms with Gasteiger partial charge < -0.3 is 0 Å². The standard InChI is InChI=1S/C14H9Cl2NO4S2/c15-11-7-6-10-8-14(22(16,18)19)17(13(10)9-11)23(20,21)12-4-2-1-3-5-12/h1-9H. The third kappa shape index (κ3) is 2.85. The molecule has 0 aliphatic carbocycles. The number of rotatable bonds is 3. The van der Waals surface area contributed by atoms with Crippen molar-refractivity contribution in [3.63, 3.8) is 0 Å². The molecule has 3 aromatic rings. The Morgan fingerprint density at radius 1 is 0.870 bits per heavy atom. The molecule has 0 radical (unpaired) electrons. The molecule has 0 spiro atoms. The lowest BCUT2D eigenvalue weighted by atomic mass is 10.2. The van der Waals surface area contributed by atoms with Crippen LogP contribution < -0.4 is 0 Å². The number of aromatic nitrogens is 1. The van der Waals surface area contributed by atoms with E-state index in [1.165, 1.54) is 36.4 Å². The molecule has 0 atom stereocenters. The van der Waals surface area contributed by atoms with E-state index in [4.69, 9.17) is 22.3 Å². The molecule has 0 saturated carbocycles. The van der Waals surface area contributed by atoms with Crippen LogP contribution in [0.5, 0.6) is 0 Å². The molecular weight excluding hydrogens is 381 g/mol. The first-order valence-electron chi connectivity index (χ1n) is 6.27. The lowest BCUT2D eigenvalue weighted by Crippen LogP contribution is -2.16. The molecule has 1 heterocycles. The van der Waals surface area contributed by atoms with Crippen molar-refractivity contribution in [2.75, 3.05) is 0 Å². The largest absolute Gasteiger partial charge is 0.277 e. The average Bonchev–Trinajstić information content (AvgIpc) is 2.87. The van der Waals surface area contributed by atoms with E-state index in [-0.39, 0.29) is 15.4 Å². The smallest absolute Gasteiger partial charge is 0.221 e. The third-order valence-electron chi connectivity index (χ3n) is 3.22. The Balaban J connectivity index is 2.47. The van der Waals surface area contributed by atoms with Crippen molar-refractivity contribution in [1.29, 1.82) is 0 Å². The Morgan fingerprint density at radius 3 is 2.13 bits per heavy atom. The van der Waals surface area contributed by atoms with Crippen LogP contribution in [-0.4, -0.2) is 20.8 Å². The number of hydrogen-bond acceptors (Lipinski definition) is 4. The van der Waals surface area contributed by atoms with Crippen LogP contribution in [0.15, 0.2) is 64.5 Å². The third-order valence-corrected chi connectivity index (χ3v) is 6.59. The quantitative estimate of drug-likeness (QED) is 0.642. The van der Waals surface area contributed by atoms with Crippen LogP contribution >= 0.6 is 22.3 Å². The summed E-state index contributed by atoms with van der Waals surface area (Å²) in [4.78, 5) is -0.0564. The second-order valence-corrected chi connectivity index (χ2v) is 9.44. The van der Waals surface area contributed by atoms with Crippen molar-refractivity contribution in [3.05, 3.63) is 59.6 Å². The van der Waals surface area contributed by atoms with E-state index >= 15 is 0 Å². The van der Waals surface area contributed by atoms with Gasteiger partial charge in [0.05, 0.1) is 10.4 Å². The zero-order chi connectivity index (χ0) is 16.8. The maximum atomic E-state index is 12.9. The molecule has 0 aliphatic heterocycles. The van der Waals surface area contributed by atoms with Crippen molar-refractivity contribution in [3.8, 4) is 0 Å². The van der Waals surface area contributed by atoms with Crippen molar-refractivity contribution in [2.45, 2.75) is 9.92 Å². The highest BCUT2D eigenvalue weighted by Crippen LogP contribution is 2.31. The second-order valence-electron chi connectivity index (χ2n) is 4.71. The molecule has 1 aromatic heterocycles. The molecule has 120 valence electrons. The highest BCUT2D eigenvalue weighted by Gasteiger charge is 2.28. The summed E-state index contributed by atoms with van der Waals surface area (Å²) in [6.45, 7) is 0. The second kappa shape index (κ2) is 5.52. The number of benzene rings is 2. The van der Waals surface area contributed by atoms with Crippen molar-refractivity contribution >= 4 is 52.3 Å². The fourth-order valence-electron chi connectivity index (χ4n) is 2.24. The predicted octanol–water partition coefficient (Wildman–Crippen LogP) is 3.46. The first-order valence-corrected chi connectivity index (χ1v) is 10.4. The Morgan fingerprint density at radius 2 is 1.52 bits per heavy atom. The summed E-state index contributed by atoms with van der Waals surface area (Å²) in [5.41, 5.74) is 0.139. The van der Waals surface area contributed by atoms with Gasteiger partial charge in [0, 0.05) is 21.1 Å². The molecule has 0 fully saturated rings. The maximum Gasteiger partial charge on any atom is 0.277 e. The molecule has 0 saturated heterocycles. The number of hydrogen-bond donors (Lipinski definition) is 0. The average molecular weight is 390 g/mol. The molecule has 2 aromatic carbocycles. The van der Waals surface area contributed by atoms with Crippen LogP contribution in [-0.2, 0) is 19.1 Å². The summed E-state index contributed by atoms with van der Waals surface area (Å²) < 4.78 is 50.1. The van der Waals surface area contributed by atoms with Gasteiger partial charge in [0.1, 0.15) is 0 Å². The van der Waals surface area contributed by atoms with Gasteiger partial charge in [-0.25, -0.2) is 20.8 Å². The lowest BCUT2D eigenvalue weighted by Gasteiger charge is -2.10. The van der Waals surface area contributed by atoms with Crippen LogP contribution in [0.1, 0.15) is 0 Å². The van der Waals surface area contributed by atoms with Gasteiger partial charge in [-0.05, 0) is 30.3 Å². The molecule has 0 N–H and O–H groups in total. The Kier molecular flexibility index (Phi) is 3.92. The molecule has 0 amide bonds. The van der Waals surface area contributed by atoms with E-state index < -0.39 is 24.1 Å². The summed E-state index contributed by atoms with van der Waals surface area (Å²) in [5.74, 6) is 0. The predicted molar refractivity (Wildman–Crippen MR) is 89.0 cm³/mol. The highest BCUT2D eigenvalue weighted by atomic mass is 35.7. The van der Waals surface area contributed by atoms with E-state index in [9.17, 15) is 16.8 Å². The summed E-state index contributed by atoms with van der Waals surface area (Å²) in [6.07, 6.45) is 0. The van der Waals surface area contributed by atoms with Gasteiger partial charge >= 0.3 is 0 Å². The maximum absolute atomic E-state index is 12.9. The summed E-state index contributed by atoms with van der Waals surface area (Å²) in [5, 5.41) is 0.145. The van der Waals surface area contributed by atoms with Gasteiger partial charge in [-0.15, -0.1) is 0 Å². The number of halogens is 2. The van der Waals surface area contributed by atoms with Gasteiger partial charge in [0.2, 0.25) is 0 Å². The molecule has 5 nitrogen and oxygen atoms in total. The number of nitrogens with zero attached hydrogens (tertiary/aromatic N) is 1. The fraction of sp³-hybridized carbons (Fsp3) is 0. The molecule has 3 rings (SSSR count). The topological polar surface area (TPSA) is 73.2 Å². The minimum absolute atomic E-state index is 0.0564. The first-order chi connectivity index (χ1) is 10.7. The van der Waals surface area contributed by atoms with Crippen molar-refractivity contribution < 1.29 is 16.8 Å². The molecule has 0 unspecified atom stereocenters. The van der Waals surface area contributed by atoms with Crippen LogP contribution in [0.25, 0.3) is 10.9 Å². The lowest BCUT2D eigenvalue weighted by molar-refractivity contribution is 0.578. The number of fused-ring (bicyclic) bond motifs is 1. The Labute approximate surface area is 142 Å². The van der Waals surface area contributed by atoms with E-state index in [1.807, 2.05) is 0 Å². The minimum atomic E-state index is -4.29. The molecule has 0 aliphatic rings. The fourth-order valence-corrected chi connectivity index (χ4v) is 5.44. The van der Waals surface area contributed by atoms with Crippen molar-refractivity contribution in [1.82, 2.24) is 3.97 Å². The van der Waals surface area contributed by atoms with E-state index in [1.54, 1.807) is 18.2 Å². The minimum Gasteiger partial charge on any atom is -0.221 e. The molecule has 0 bridgehead atoms. The zero-order valence-corrected chi connectivity index (χ0v) is 14.5. The SMILES string of the molecule is O=S(=O)(Cl)c1cc2ccc(Cl)cc2n1S(=O)(=O)c1ccccc1. The normalized spacial score (nSPS) is 12.6. The summed E-state index contributed by atoms with van der Waals surface area (Å²) in [6, 6.07) is 13.1.